The van der Waals surface area contributed by atoms with Crippen molar-refractivity contribution in [1.29, 1.82) is 0 Å². The smallest absolute Gasteiger partial charge is 0.251 e. The van der Waals surface area contributed by atoms with Gasteiger partial charge in [-0.05, 0) is 36.6 Å². The molecule has 1 aliphatic rings. The summed E-state index contributed by atoms with van der Waals surface area (Å²) in [6.07, 6.45) is 5.34. The molecule has 112 valence electrons. The van der Waals surface area contributed by atoms with Gasteiger partial charge in [0.15, 0.2) is 0 Å². The fourth-order valence-corrected chi connectivity index (χ4v) is 2.52. The zero-order valence-corrected chi connectivity index (χ0v) is 12.2. The number of nitrogens with one attached hydrogen (secondary N) is 1. The highest BCUT2D eigenvalue weighted by Gasteiger charge is 2.25. The topological polar surface area (TPSA) is 75.4 Å². The number of benzene rings is 1. The SMILES string of the molecule is CNC(=O)c1ccc(C=CC(=O)N2CCCC2CN)cc1. The van der Waals surface area contributed by atoms with Gasteiger partial charge in [0.1, 0.15) is 0 Å². The van der Waals surface area contributed by atoms with E-state index in [1.807, 2.05) is 17.0 Å². The highest BCUT2D eigenvalue weighted by Crippen LogP contribution is 2.17. The fourth-order valence-electron chi connectivity index (χ4n) is 2.52. The number of hydrogen-bond acceptors (Lipinski definition) is 3. The molecule has 5 nitrogen and oxygen atoms in total. The largest absolute Gasteiger partial charge is 0.355 e. The van der Waals surface area contributed by atoms with Crippen LogP contribution >= 0.6 is 0 Å². The van der Waals surface area contributed by atoms with Gasteiger partial charge in [0.2, 0.25) is 5.91 Å². The van der Waals surface area contributed by atoms with Crippen LogP contribution in [-0.4, -0.2) is 42.9 Å². The van der Waals surface area contributed by atoms with Gasteiger partial charge < -0.3 is 16.0 Å². The molecule has 1 saturated heterocycles. The molecular formula is C16H21N3O2. The highest BCUT2D eigenvalue weighted by atomic mass is 16.2. The van der Waals surface area contributed by atoms with E-state index < -0.39 is 0 Å². The van der Waals surface area contributed by atoms with Gasteiger partial charge >= 0.3 is 0 Å². The summed E-state index contributed by atoms with van der Waals surface area (Å²) in [4.78, 5) is 25.4. The van der Waals surface area contributed by atoms with Crippen LogP contribution in [0, 0.1) is 0 Å². The van der Waals surface area contributed by atoms with Crippen LogP contribution in [0.5, 0.6) is 0 Å². The van der Waals surface area contributed by atoms with Gasteiger partial charge in [-0.15, -0.1) is 0 Å². The molecule has 1 aliphatic heterocycles. The molecule has 0 saturated carbocycles. The summed E-state index contributed by atoms with van der Waals surface area (Å²) in [5.41, 5.74) is 7.16. The zero-order chi connectivity index (χ0) is 15.2. The maximum Gasteiger partial charge on any atom is 0.251 e. The average molecular weight is 287 g/mol. The molecule has 1 heterocycles. The summed E-state index contributed by atoms with van der Waals surface area (Å²) in [6, 6.07) is 7.28. The van der Waals surface area contributed by atoms with E-state index in [2.05, 4.69) is 5.32 Å². The van der Waals surface area contributed by atoms with E-state index in [0.29, 0.717) is 12.1 Å². The van der Waals surface area contributed by atoms with Crippen molar-refractivity contribution in [3.63, 3.8) is 0 Å². The van der Waals surface area contributed by atoms with Crippen LogP contribution in [0.3, 0.4) is 0 Å². The molecule has 0 bridgehead atoms. The second-order valence-electron chi connectivity index (χ2n) is 5.10. The van der Waals surface area contributed by atoms with Crippen molar-refractivity contribution in [2.75, 3.05) is 20.1 Å². The van der Waals surface area contributed by atoms with Crippen molar-refractivity contribution in [3.8, 4) is 0 Å². The third kappa shape index (κ3) is 3.70. The third-order valence-corrected chi connectivity index (χ3v) is 3.75. The van der Waals surface area contributed by atoms with Crippen molar-refractivity contribution in [2.24, 2.45) is 5.73 Å². The zero-order valence-electron chi connectivity index (χ0n) is 12.2. The molecule has 1 atom stereocenters. The van der Waals surface area contributed by atoms with Crippen molar-refractivity contribution in [2.45, 2.75) is 18.9 Å². The van der Waals surface area contributed by atoms with Crippen LogP contribution in [0.4, 0.5) is 0 Å². The highest BCUT2D eigenvalue weighted by molar-refractivity contribution is 5.95. The molecular weight excluding hydrogens is 266 g/mol. The summed E-state index contributed by atoms with van der Waals surface area (Å²) in [5.74, 6) is -0.122. The van der Waals surface area contributed by atoms with E-state index in [9.17, 15) is 9.59 Å². The minimum absolute atomic E-state index is 0.00155. The van der Waals surface area contributed by atoms with E-state index in [1.165, 1.54) is 0 Å². The summed E-state index contributed by atoms with van der Waals surface area (Å²) >= 11 is 0. The number of nitrogens with two attached hydrogens (primary N) is 1. The Labute approximate surface area is 124 Å². The van der Waals surface area contributed by atoms with Gasteiger partial charge in [0.25, 0.3) is 5.91 Å². The molecule has 0 aromatic heterocycles. The van der Waals surface area contributed by atoms with E-state index >= 15 is 0 Å². The standard InChI is InChI=1S/C16H21N3O2/c1-18-16(21)13-7-4-12(5-8-13)6-9-15(20)19-10-2-3-14(19)11-17/h4-9,14H,2-3,10-11,17H2,1H3,(H,18,21). The Kier molecular flexibility index (Phi) is 5.11. The molecule has 1 unspecified atom stereocenters. The number of carbonyl (C=O) groups is 2. The molecule has 0 radical (unpaired) electrons. The van der Waals surface area contributed by atoms with Crippen LogP contribution in [0.25, 0.3) is 6.08 Å². The number of rotatable bonds is 4. The Morgan fingerprint density at radius 3 is 2.71 bits per heavy atom. The Morgan fingerprint density at radius 1 is 1.38 bits per heavy atom. The van der Waals surface area contributed by atoms with E-state index in [1.54, 1.807) is 31.3 Å². The number of amides is 2. The Bertz CT molecular complexity index is 537. The Morgan fingerprint density at radius 2 is 2.10 bits per heavy atom. The quantitative estimate of drug-likeness (QED) is 0.812. The lowest BCUT2D eigenvalue weighted by Crippen LogP contribution is -2.38. The summed E-state index contributed by atoms with van der Waals surface area (Å²) in [7, 11) is 1.60. The van der Waals surface area contributed by atoms with Gasteiger partial charge in [-0.2, -0.15) is 0 Å². The monoisotopic (exact) mass is 287 g/mol. The van der Waals surface area contributed by atoms with Crippen LogP contribution in [0.15, 0.2) is 30.3 Å². The van der Waals surface area contributed by atoms with Crippen molar-refractivity contribution in [3.05, 3.63) is 41.5 Å². The first kappa shape index (κ1) is 15.3. The molecule has 1 aromatic rings. The molecule has 2 amide bonds. The molecule has 0 aliphatic carbocycles. The normalized spacial score (nSPS) is 18.2. The lowest BCUT2D eigenvalue weighted by molar-refractivity contribution is -0.126. The van der Waals surface area contributed by atoms with Gasteiger partial charge in [-0.25, -0.2) is 0 Å². The Hall–Kier alpha value is -2.14. The van der Waals surface area contributed by atoms with Crippen LogP contribution in [0.1, 0.15) is 28.8 Å². The number of hydrogen-bond donors (Lipinski definition) is 2. The van der Waals surface area contributed by atoms with Gasteiger partial charge in [0.05, 0.1) is 0 Å². The minimum Gasteiger partial charge on any atom is -0.355 e. The van der Waals surface area contributed by atoms with Crippen LogP contribution in [-0.2, 0) is 4.79 Å². The third-order valence-electron chi connectivity index (χ3n) is 3.75. The van der Waals surface area contributed by atoms with Crippen LogP contribution in [0.2, 0.25) is 0 Å². The molecule has 5 heteroatoms. The fraction of sp³-hybridized carbons (Fsp3) is 0.375. The first-order chi connectivity index (χ1) is 10.2. The summed E-state index contributed by atoms with van der Waals surface area (Å²) < 4.78 is 0. The maximum absolute atomic E-state index is 12.1. The lowest BCUT2D eigenvalue weighted by Gasteiger charge is -2.21. The van der Waals surface area contributed by atoms with Crippen molar-refractivity contribution in [1.82, 2.24) is 10.2 Å². The number of nitrogens with zero attached hydrogens (tertiary/aromatic N) is 1. The Balaban J connectivity index is 2.00. The van der Waals surface area contributed by atoms with E-state index in [4.69, 9.17) is 5.73 Å². The second-order valence-corrected chi connectivity index (χ2v) is 5.10. The first-order valence-corrected chi connectivity index (χ1v) is 7.16. The predicted molar refractivity (Wildman–Crippen MR) is 82.7 cm³/mol. The van der Waals surface area contributed by atoms with E-state index in [-0.39, 0.29) is 17.9 Å². The molecule has 21 heavy (non-hydrogen) atoms. The molecule has 2 rings (SSSR count). The predicted octanol–water partition coefficient (Wildman–Crippen LogP) is 1.01. The summed E-state index contributed by atoms with van der Waals surface area (Å²) in [6.45, 7) is 1.29. The van der Waals surface area contributed by atoms with Gasteiger partial charge in [0, 0.05) is 37.8 Å². The maximum atomic E-state index is 12.1. The minimum atomic E-state index is -0.121. The molecule has 1 fully saturated rings. The average Bonchev–Trinajstić information content (AvgIpc) is 3.01. The molecule has 0 spiro atoms. The van der Waals surface area contributed by atoms with Crippen LogP contribution < -0.4 is 11.1 Å². The van der Waals surface area contributed by atoms with Gasteiger partial charge in [-0.3, -0.25) is 9.59 Å². The van der Waals surface area contributed by atoms with E-state index in [0.717, 1.165) is 24.9 Å². The number of likely N-dealkylation sites (tertiary alicyclic amines) is 1. The molecule has 1 aromatic carbocycles. The summed E-state index contributed by atoms with van der Waals surface area (Å²) in [5, 5.41) is 2.57. The van der Waals surface area contributed by atoms with Crippen molar-refractivity contribution >= 4 is 17.9 Å². The van der Waals surface area contributed by atoms with Crippen molar-refractivity contribution < 1.29 is 9.59 Å². The lowest BCUT2D eigenvalue weighted by atomic mass is 10.1. The second kappa shape index (κ2) is 7.04. The molecule has 3 N–H and O–H groups in total. The first-order valence-electron chi connectivity index (χ1n) is 7.16. The number of carbonyl (C=O) groups excluding carboxylic acids is 2. The van der Waals surface area contributed by atoms with Gasteiger partial charge in [-0.1, -0.05) is 12.1 Å².